The number of amides is 1. The molecule has 0 saturated carbocycles. The predicted octanol–water partition coefficient (Wildman–Crippen LogP) is 5.70. The minimum atomic E-state index is -1.07. The zero-order valence-electron chi connectivity index (χ0n) is 23.2. The Labute approximate surface area is 227 Å². The van der Waals surface area contributed by atoms with Gasteiger partial charge in [-0.2, -0.15) is 0 Å². The molecule has 0 aliphatic heterocycles. The lowest BCUT2D eigenvalue weighted by molar-refractivity contribution is -0.122. The van der Waals surface area contributed by atoms with Gasteiger partial charge in [0.2, 0.25) is 5.91 Å². The van der Waals surface area contributed by atoms with E-state index in [1.807, 2.05) is 72.8 Å². The summed E-state index contributed by atoms with van der Waals surface area (Å²) in [4.78, 5) is 26.7. The second-order valence-electron chi connectivity index (χ2n) is 10.8. The first kappa shape index (κ1) is 29.3. The molecule has 5 nitrogen and oxygen atoms in total. The Bertz CT molecular complexity index is 1130. The predicted molar refractivity (Wildman–Crippen MR) is 154 cm³/mol. The number of nitrogens with two attached hydrogens (primary N) is 1. The van der Waals surface area contributed by atoms with Gasteiger partial charge in [0.15, 0.2) is 5.78 Å². The van der Waals surface area contributed by atoms with Crippen molar-refractivity contribution in [2.75, 3.05) is 20.1 Å². The van der Waals surface area contributed by atoms with Crippen LogP contribution in [0, 0.1) is 5.92 Å². The number of hydrogen-bond acceptors (Lipinski definition) is 4. The summed E-state index contributed by atoms with van der Waals surface area (Å²) in [5, 5.41) is 12.1. The molecule has 3 N–H and O–H groups in total. The van der Waals surface area contributed by atoms with Crippen LogP contribution in [0.4, 0.5) is 0 Å². The van der Waals surface area contributed by atoms with Crippen LogP contribution in [0.15, 0.2) is 84.9 Å². The third-order valence-corrected chi connectivity index (χ3v) is 7.86. The number of carbonyl (C=O) groups excluding carboxylic acids is 2. The molecule has 3 aromatic carbocycles. The molecule has 0 saturated heterocycles. The first-order valence-electron chi connectivity index (χ1n) is 13.6. The number of carbonyl (C=O) groups is 2. The average molecular weight is 515 g/mol. The van der Waals surface area contributed by atoms with Crippen molar-refractivity contribution < 1.29 is 14.7 Å². The molecule has 5 heteroatoms. The molecular formula is C33H42N2O3. The third-order valence-electron chi connectivity index (χ3n) is 7.86. The van der Waals surface area contributed by atoms with E-state index >= 15 is 0 Å². The van der Waals surface area contributed by atoms with Crippen LogP contribution >= 0.6 is 0 Å². The fourth-order valence-corrected chi connectivity index (χ4v) is 5.09. The van der Waals surface area contributed by atoms with Crippen LogP contribution in [0.2, 0.25) is 0 Å². The van der Waals surface area contributed by atoms with Gasteiger partial charge in [0.1, 0.15) is 5.60 Å². The fourth-order valence-electron chi connectivity index (χ4n) is 5.09. The quantitative estimate of drug-likeness (QED) is 0.271. The molecule has 1 unspecified atom stereocenters. The highest BCUT2D eigenvalue weighted by molar-refractivity contribution is 5.96. The number of nitrogens with zero attached hydrogens (tertiary/aromatic N) is 1. The van der Waals surface area contributed by atoms with E-state index in [-0.39, 0.29) is 11.7 Å². The van der Waals surface area contributed by atoms with Crippen molar-refractivity contribution in [1.82, 2.24) is 4.90 Å². The summed E-state index contributed by atoms with van der Waals surface area (Å²) in [6.45, 7) is 7.32. The van der Waals surface area contributed by atoms with E-state index in [0.29, 0.717) is 12.0 Å². The van der Waals surface area contributed by atoms with E-state index in [1.54, 1.807) is 26.0 Å². The van der Waals surface area contributed by atoms with E-state index in [9.17, 15) is 14.7 Å². The van der Waals surface area contributed by atoms with Crippen molar-refractivity contribution >= 4 is 11.7 Å². The van der Waals surface area contributed by atoms with Gasteiger partial charge >= 0.3 is 0 Å². The normalized spacial score (nSPS) is 12.9. The molecule has 1 amide bonds. The topological polar surface area (TPSA) is 83.6 Å². The highest BCUT2D eigenvalue weighted by Gasteiger charge is 2.38. The number of ketones is 1. The Balaban J connectivity index is 1.57. The van der Waals surface area contributed by atoms with E-state index in [1.165, 1.54) is 0 Å². The first-order chi connectivity index (χ1) is 18.1. The smallest absolute Gasteiger partial charge is 0.227 e. The maximum atomic E-state index is 12.7. The molecule has 0 bridgehead atoms. The summed E-state index contributed by atoms with van der Waals surface area (Å²) >= 11 is 0. The standard InChI is InChI=1S/C33H42N2O3/c1-5-26(33(38,28-13-8-6-9-14-28)29-15-10-7-11-16-29)22-24-35(4)23-12-17-30(36)25-18-20-27(21-19-25)32(2,3)31(34)37/h6-11,13-16,18-21,26,38H,5,12,17,22-24H2,1-4H3,(H2,34,37). The molecule has 0 spiro atoms. The van der Waals surface area contributed by atoms with Gasteiger partial charge in [0.25, 0.3) is 0 Å². The molecule has 1 atom stereocenters. The monoisotopic (exact) mass is 514 g/mol. The number of benzene rings is 3. The van der Waals surface area contributed by atoms with E-state index < -0.39 is 16.9 Å². The van der Waals surface area contributed by atoms with Crippen molar-refractivity contribution in [1.29, 1.82) is 0 Å². The molecular weight excluding hydrogens is 472 g/mol. The van der Waals surface area contributed by atoms with Crippen LogP contribution in [-0.2, 0) is 15.8 Å². The number of Topliss-reactive ketones (excluding diaryl/α,β-unsaturated/α-hetero) is 1. The second-order valence-corrected chi connectivity index (χ2v) is 10.8. The summed E-state index contributed by atoms with van der Waals surface area (Å²) in [7, 11) is 2.07. The minimum absolute atomic E-state index is 0.0412. The Hall–Kier alpha value is -3.28. The van der Waals surface area contributed by atoms with Crippen molar-refractivity contribution in [3.63, 3.8) is 0 Å². The number of hydrogen-bond donors (Lipinski definition) is 2. The molecule has 0 aliphatic carbocycles. The molecule has 0 aromatic heterocycles. The highest BCUT2D eigenvalue weighted by atomic mass is 16.3. The lowest BCUT2D eigenvalue weighted by Crippen LogP contribution is -2.38. The average Bonchev–Trinajstić information content (AvgIpc) is 2.94. The molecule has 3 aromatic rings. The van der Waals surface area contributed by atoms with Crippen molar-refractivity contribution in [2.24, 2.45) is 11.7 Å². The molecule has 0 heterocycles. The maximum Gasteiger partial charge on any atom is 0.227 e. The lowest BCUT2D eigenvalue weighted by Gasteiger charge is -2.38. The molecule has 3 rings (SSSR count). The van der Waals surface area contributed by atoms with Gasteiger partial charge in [-0.3, -0.25) is 9.59 Å². The lowest BCUT2D eigenvalue weighted by atomic mass is 9.73. The van der Waals surface area contributed by atoms with Gasteiger partial charge in [-0.15, -0.1) is 0 Å². The van der Waals surface area contributed by atoms with Crippen LogP contribution in [0.25, 0.3) is 0 Å². The van der Waals surface area contributed by atoms with Gasteiger partial charge in [-0.1, -0.05) is 91.9 Å². The Morgan fingerprint density at radius 3 is 1.84 bits per heavy atom. The van der Waals surface area contributed by atoms with E-state index in [2.05, 4.69) is 18.9 Å². The highest BCUT2D eigenvalue weighted by Crippen LogP contribution is 2.40. The minimum Gasteiger partial charge on any atom is -0.380 e. The van der Waals surface area contributed by atoms with E-state index in [4.69, 9.17) is 5.73 Å². The van der Waals surface area contributed by atoms with Crippen molar-refractivity contribution in [3.8, 4) is 0 Å². The van der Waals surface area contributed by atoms with Crippen LogP contribution < -0.4 is 5.73 Å². The number of aliphatic hydroxyl groups is 1. The molecule has 0 fully saturated rings. The summed E-state index contributed by atoms with van der Waals surface area (Å²) in [5.41, 5.74) is 6.95. The number of primary amides is 1. The summed E-state index contributed by atoms with van der Waals surface area (Å²) in [6, 6.07) is 27.1. The fraction of sp³-hybridized carbons (Fsp3) is 0.394. The third kappa shape index (κ3) is 6.77. The van der Waals surface area contributed by atoms with Gasteiger partial charge in [0.05, 0.1) is 5.41 Å². The van der Waals surface area contributed by atoms with Crippen LogP contribution in [0.5, 0.6) is 0 Å². The zero-order valence-corrected chi connectivity index (χ0v) is 23.2. The molecule has 202 valence electrons. The zero-order chi connectivity index (χ0) is 27.8. The Kier molecular flexibility index (Phi) is 10.0. The van der Waals surface area contributed by atoms with Gasteiger partial charge < -0.3 is 15.7 Å². The van der Waals surface area contributed by atoms with Crippen LogP contribution in [0.1, 0.15) is 73.5 Å². The Morgan fingerprint density at radius 2 is 1.37 bits per heavy atom. The second kappa shape index (κ2) is 13.0. The van der Waals surface area contributed by atoms with Gasteiger partial charge in [-0.25, -0.2) is 0 Å². The molecule has 0 aliphatic rings. The summed E-state index contributed by atoms with van der Waals surface area (Å²) < 4.78 is 0. The SMILES string of the molecule is CCC(CCN(C)CCCC(=O)c1ccc(C(C)(C)C(N)=O)cc1)C(O)(c1ccccc1)c1ccccc1. The van der Waals surface area contributed by atoms with E-state index in [0.717, 1.165) is 49.0 Å². The van der Waals surface area contributed by atoms with Gasteiger partial charge in [-0.05, 0) is 75.9 Å². The van der Waals surface area contributed by atoms with Crippen molar-refractivity contribution in [2.45, 2.75) is 57.5 Å². The summed E-state index contributed by atoms with van der Waals surface area (Å²) in [6.07, 6.45) is 2.88. The van der Waals surface area contributed by atoms with Gasteiger partial charge in [0, 0.05) is 12.0 Å². The van der Waals surface area contributed by atoms with Crippen molar-refractivity contribution in [3.05, 3.63) is 107 Å². The van der Waals surface area contributed by atoms with Crippen LogP contribution in [0.3, 0.4) is 0 Å². The largest absolute Gasteiger partial charge is 0.380 e. The maximum absolute atomic E-state index is 12.7. The molecule has 0 radical (unpaired) electrons. The molecule has 38 heavy (non-hydrogen) atoms. The number of rotatable bonds is 14. The van der Waals surface area contributed by atoms with Crippen LogP contribution in [-0.4, -0.2) is 41.8 Å². The Morgan fingerprint density at radius 1 is 0.842 bits per heavy atom. The summed E-state index contributed by atoms with van der Waals surface area (Å²) in [5.74, 6) is -0.258. The first-order valence-corrected chi connectivity index (χ1v) is 13.6.